The smallest absolute Gasteiger partial charge is 0.322 e. The van der Waals surface area contributed by atoms with Gasteiger partial charge >= 0.3 is 6.01 Å². The minimum atomic E-state index is -0.590. The van der Waals surface area contributed by atoms with Gasteiger partial charge in [-0.2, -0.15) is 4.98 Å². The molecule has 1 amide bonds. The highest BCUT2D eigenvalue weighted by Gasteiger charge is 2.22. The van der Waals surface area contributed by atoms with Crippen LogP contribution in [0.3, 0.4) is 0 Å². The number of benzene rings is 1. The summed E-state index contributed by atoms with van der Waals surface area (Å²) in [7, 11) is 0. The van der Waals surface area contributed by atoms with E-state index in [4.69, 9.17) is 10.5 Å². The number of carbonyl (C=O) groups excluding carboxylic acids is 1. The van der Waals surface area contributed by atoms with Crippen LogP contribution in [-0.2, 0) is 12.8 Å². The fourth-order valence-corrected chi connectivity index (χ4v) is 3.74. The van der Waals surface area contributed by atoms with Gasteiger partial charge in [0, 0.05) is 43.6 Å². The van der Waals surface area contributed by atoms with Crippen molar-refractivity contribution < 1.29 is 9.53 Å². The number of rotatable bonds is 4. The van der Waals surface area contributed by atoms with E-state index < -0.39 is 5.91 Å². The van der Waals surface area contributed by atoms with Crippen molar-refractivity contribution in [3.8, 4) is 11.8 Å². The summed E-state index contributed by atoms with van der Waals surface area (Å²) in [5.74, 6) is 0.188. The van der Waals surface area contributed by atoms with Gasteiger partial charge in [-0.1, -0.05) is 0 Å². The molecule has 1 aromatic heterocycles. The van der Waals surface area contributed by atoms with Crippen molar-refractivity contribution in [3.63, 3.8) is 0 Å². The Bertz CT molecular complexity index is 818. The van der Waals surface area contributed by atoms with Crippen molar-refractivity contribution in [2.24, 2.45) is 5.73 Å². The molecule has 136 valence electrons. The monoisotopic (exact) mass is 353 g/mol. The van der Waals surface area contributed by atoms with Crippen LogP contribution in [0.25, 0.3) is 0 Å². The first kappa shape index (κ1) is 16.8. The third-order valence-corrected chi connectivity index (χ3v) is 5.01. The summed E-state index contributed by atoms with van der Waals surface area (Å²) in [6.45, 7) is 4.08. The molecule has 2 heterocycles. The summed E-state index contributed by atoms with van der Waals surface area (Å²) in [5.41, 5.74) is 9.38. The van der Waals surface area contributed by atoms with Crippen LogP contribution in [0.5, 0.6) is 11.8 Å². The quantitative estimate of drug-likeness (QED) is 0.868. The number of nitrogens with one attached hydrogen (secondary N) is 1. The van der Waals surface area contributed by atoms with E-state index in [1.54, 1.807) is 0 Å². The minimum absolute atomic E-state index is 0.154. The van der Waals surface area contributed by atoms with Crippen LogP contribution in [0.1, 0.15) is 34.5 Å². The number of aromatic nitrogens is 2. The maximum absolute atomic E-state index is 11.3. The summed E-state index contributed by atoms with van der Waals surface area (Å²) in [6.07, 6.45) is 5.89. The Labute approximate surface area is 152 Å². The Morgan fingerprint density at radius 2 is 1.88 bits per heavy atom. The van der Waals surface area contributed by atoms with Crippen LogP contribution in [-0.4, -0.2) is 42.1 Å². The number of fused-ring (bicyclic) bond motifs is 1. The lowest BCUT2D eigenvalue weighted by molar-refractivity contribution is 0.0994. The highest BCUT2D eigenvalue weighted by molar-refractivity contribution is 5.90. The molecule has 0 radical (unpaired) electrons. The number of ether oxygens (including phenoxy) is 1. The van der Waals surface area contributed by atoms with Crippen LogP contribution in [0.4, 0.5) is 5.69 Å². The molecular formula is C19H23N5O2. The van der Waals surface area contributed by atoms with E-state index in [0.29, 0.717) is 0 Å². The number of piperazine rings is 1. The molecule has 1 fully saturated rings. The molecule has 3 N–H and O–H groups in total. The van der Waals surface area contributed by atoms with Gasteiger partial charge < -0.3 is 20.7 Å². The van der Waals surface area contributed by atoms with E-state index in [-0.39, 0.29) is 11.7 Å². The van der Waals surface area contributed by atoms with E-state index in [1.165, 1.54) is 35.5 Å². The lowest BCUT2D eigenvalue weighted by Gasteiger charge is -2.33. The molecule has 0 atom stereocenters. The minimum Gasteiger partial charge on any atom is -0.424 e. The van der Waals surface area contributed by atoms with Gasteiger partial charge in [0.25, 0.3) is 5.91 Å². The second-order valence-electron chi connectivity index (χ2n) is 6.67. The SMILES string of the molecule is NC(=O)c1ccnc(Oc2ccc(N3CCNCC3)c3c2CCCC3)n1. The summed E-state index contributed by atoms with van der Waals surface area (Å²) in [5, 5.41) is 3.40. The molecule has 4 rings (SSSR count). The number of nitrogens with zero attached hydrogens (tertiary/aromatic N) is 3. The Kier molecular flexibility index (Phi) is 4.71. The maximum Gasteiger partial charge on any atom is 0.322 e. The zero-order valence-corrected chi connectivity index (χ0v) is 14.7. The molecule has 7 heteroatoms. The lowest BCUT2D eigenvalue weighted by Crippen LogP contribution is -2.44. The number of anilines is 1. The number of amides is 1. The van der Waals surface area contributed by atoms with E-state index >= 15 is 0 Å². The lowest BCUT2D eigenvalue weighted by atomic mass is 9.89. The van der Waals surface area contributed by atoms with Crippen molar-refractivity contribution in [2.75, 3.05) is 31.1 Å². The summed E-state index contributed by atoms with van der Waals surface area (Å²) in [6, 6.07) is 5.78. The summed E-state index contributed by atoms with van der Waals surface area (Å²) < 4.78 is 5.95. The second-order valence-corrected chi connectivity index (χ2v) is 6.67. The van der Waals surface area contributed by atoms with Crippen molar-refractivity contribution in [2.45, 2.75) is 25.7 Å². The molecule has 1 saturated heterocycles. The second kappa shape index (κ2) is 7.29. The van der Waals surface area contributed by atoms with E-state index in [0.717, 1.165) is 51.2 Å². The molecule has 0 unspecified atom stereocenters. The topological polar surface area (TPSA) is 93.4 Å². The summed E-state index contributed by atoms with van der Waals surface area (Å²) >= 11 is 0. The van der Waals surface area contributed by atoms with Gasteiger partial charge in [-0.25, -0.2) is 4.98 Å². The molecule has 0 bridgehead atoms. The molecule has 2 aliphatic rings. The fraction of sp³-hybridized carbons (Fsp3) is 0.421. The fourth-order valence-electron chi connectivity index (χ4n) is 3.74. The van der Waals surface area contributed by atoms with Crippen molar-refractivity contribution in [1.29, 1.82) is 0 Å². The predicted octanol–water partition coefficient (Wildman–Crippen LogP) is 1.66. The molecule has 7 nitrogen and oxygen atoms in total. The van der Waals surface area contributed by atoms with Gasteiger partial charge in [0.15, 0.2) is 0 Å². The average molecular weight is 353 g/mol. The van der Waals surface area contributed by atoms with Gasteiger partial charge in [-0.15, -0.1) is 0 Å². The molecule has 26 heavy (non-hydrogen) atoms. The Morgan fingerprint density at radius 3 is 2.65 bits per heavy atom. The van der Waals surface area contributed by atoms with E-state index in [9.17, 15) is 4.79 Å². The number of primary amides is 1. The van der Waals surface area contributed by atoms with Crippen LogP contribution in [0.2, 0.25) is 0 Å². The Morgan fingerprint density at radius 1 is 1.12 bits per heavy atom. The predicted molar refractivity (Wildman–Crippen MR) is 98.8 cm³/mol. The molecule has 0 spiro atoms. The summed E-state index contributed by atoms with van der Waals surface area (Å²) in [4.78, 5) is 22.0. The van der Waals surface area contributed by atoms with Crippen molar-refractivity contribution in [1.82, 2.24) is 15.3 Å². The largest absolute Gasteiger partial charge is 0.424 e. The van der Waals surface area contributed by atoms with Gasteiger partial charge in [0.1, 0.15) is 11.4 Å². The molecule has 2 aromatic rings. The average Bonchev–Trinajstić information content (AvgIpc) is 2.69. The number of nitrogens with two attached hydrogens (primary N) is 1. The van der Waals surface area contributed by atoms with Crippen molar-refractivity contribution in [3.05, 3.63) is 41.2 Å². The first-order chi connectivity index (χ1) is 12.7. The van der Waals surface area contributed by atoms with Crippen LogP contribution in [0, 0.1) is 0 Å². The van der Waals surface area contributed by atoms with Crippen LogP contribution < -0.4 is 20.7 Å². The molecule has 1 aliphatic carbocycles. The third-order valence-electron chi connectivity index (χ3n) is 5.01. The first-order valence-corrected chi connectivity index (χ1v) is 9.13. The third kappa shape index (κ3) is 3.35. The number of carbonyl (C=O) groups is 1. The van der Waals surface area contributed by atoms with Crippen LogP contribution >= 0.6 is 0 Å². The van der Waals surface area contributed by atoms with Crippen LogP contribution in [0.15, 0.2) is 24.4 Å². The molecule has 1 aromatic carbocycles. The Balaban J connectivity index is 1.66. The zero-order chi connectivity index (χ0) is 17.9. The highest BCUT2D eigenvalue weighted by Crippen LogP contribution is 2.38. The van der Waals surface area contributed by atoms with Gasteiger partial charge in [-0.3, -0.25) is 4.79 Å². The number of hydrogen-bond acceptors (Lipinski definition) is 6. The highest BCUT2D eigenvalue weighted by atomic mass is 16.5. The maximum atomic E-state index is 11.3. The molecule has 0 saturated carbocycles. The van der Waals surface area contributed by atoms with Crippen molar-refractivity contribution >= 4 is 11.6 Å². The van der Waals surface area contributed by atoms with Gasteiger partial charge in [0.2, 0.25) is 0 Å². The van der Waals surface area contributed by atoms with Gasteiger partial charge in [0.05, 0.1) is 0 Å². The van der Waals surface area contributed by atoms with E-state index in [2.05, 4.69) is 26.3 Å². The standard InChI is InChI=1S/C19H23N5O2/c20-18(25)15-7-8-22-19(23-15)26-17-6-5-16(24-11-9-21-10-12-24)13-3-1-2-4-14(13)17/h5-8,21H,1-4,9-12H2,(H2,20,25). The normalized spacial score (nSPS) is 16.8. The zero-order valence-electron chi connectivity index (χ0n) is 14.7. The van der Waals surface area contributed by atoms with Gasteiger partial charge in [-0.05, 0) is 49.4 Å². The molecular weight excluding hydrogens is 330 g/mol. The first-order valence-electron chi connectivity index (χ1n) is 9.13. The Hall–Kier alpha value is -2.67. The molecule has 1 aliphatic heterocycles. The number of hydrogen-bond donors (Lipinski definition) is 2. The van der Waals surface area contributed by atoms with E-state index in [1.807, 2.05) is 6.07 Å².